The molecule has 1 amide bonds. The lowest BCUT2D eigenvalue weighted by atomic mass is 9.90. The Morgan fingerprint density at radius 2 is 1.54 bits per heavy atom. The molecular formula is C18H25NO6S3. The van der Waals surface area contributed by atoms with Crippen LogP contribution in [0.15, 0.2) is 29.2 Å². The van der Waals surface area contributed by atoms with Crippen LogP contribution < -0.4 is 5.32 Å². The van der Waals surface area contributed by atoms with Gasteiger partial charge in [0.1, 0.15) is 0 Å². The van der Waals surface area contributed by atoms with Gasteiger partial charge in [0.15, 0.2) is 0 Å². The van der Waals surface area contributed by atoms with Crippen molar-refractivity contribution in [1.82, 2.24) is 5.32 Å². The Morgan fingerprint density at radius 3 is 2.00 bits per heavy atom. The van der Waals surface area contributed by atoms with E-state index in [2.05, 4.69) is 5.32 Å². The summed E-state index contributed by atoms with van der Waals surface area (Å²) in [6, 6.07) is 7.33. The van der Waals surface area contributed by atoms with Crippen LogP contribution in [0.25, 0.3) is 0 Å². The van der Waals surface area contributed by atoms with Crippen molar-refractivity contribution in [3.05, 3.63) is 29.8 Å². The molecule has 10 heteroatoms. The first-order valence-corrected chi connectivity index (χ1v) is 12.1. The van der Waals surface area contributed by atoms with E-state index >= 15 is 0 Å². The lowest BCUT2D eigenvalue weighted by Crippen LogP contribution is -2.62. The highest BCUT2D eigenvalue weighted by Crippen LogP contribution is 2.40. The number of hydrogen-bond acceptors (Lipinski definition) is 9. The standard InChI is InChI=1S/C18H25NO6S3/c1-5-23-16(21)18(19-13(4)20,17(22)24-6-2)12-14-8-10-15(11-9-14)26-28-27-25-7-3/h8-11H,5-7,12H2,1-4H3,(H,19,20). The molecular weight excluding hydrogens is 422 g/mol. The van der Waals surface area contributed by atoms with Crippen LogP contribution in [0.5, 0.6) is 0 Å². The molecule has 1 rings (SSSR count). The topological polar surface area (TPSA) is 90.9 Å². The van der Waals surface area contributed by atoms with Gasteiger partial charge >= 0.3 is 11.9 Å². The molecule has 0 aliphatic carbocycles. The number of carbonyl (C=O) groups excluding carboxylic acids is 3. The van der Waals surface area contributed by atoms with Gasteiger partial charge in [0.25, 0.3) is 0 Å². The SMILES string of the molecule is CCOSSSc1ccc(CC(NC(C)=O)(C(=O)OCC)C(=O)OCC)cc1. The van der Waals surface area contributed by atoms with Crippen molar-refractivity contribution in [3.8, 4) is 0 Å². The van der Waals surface area contributed by atoms with E-state index in [0.717, 1.165) is 4.90 Å². The van der Waals surface area contributed by atoms with Gasteiger partial charge in [-0.2, -0.15) is 0 Å². The number of rotatable bonds is 12. The van der Waals surface area contributed by atoms with E-state index in [1.54, 1.807) is 26.0 Å². The summed E-state index contributed by atoms with van der Waals surface area (Å²) >= 11 is 1.30. The molecule has 7 nitrogen and oxygen atoms in total. The molecule has 0 spiro atoms. The van der Waals surface area contributed by atoms with Gasteiger partial charge in [-0.05, 0) is 49.3 Å². The van der Waals surface area contributed by atoms with E-state index in [-0.39, 0.29) is 19.6 Å². The summed E-state index contributed by atoms with van der Waals surface area (Å²) in [5.41, 5.74) is -1.24. The Kier molecular flexibility index (Phi) is 11.4. The van der Waals surface area contributed by atoms with E-state index in [0.29, 0.717) is 12.2 Å². The number of nitrogens with one attached hydrogen (secondary N) is 1. The smallest absolute Gasteiger partial charge is 0.344 e. The maximum absolute atomic E-state index is 12.6. The lowest BCUT2D eigenvalue weighted by molar-refractivity contribution is -0.168. The van der Waals surface area contributed by atoms with Crippen molar-refractivity contribution in [2.45, 2.75) is 44.6 Å². The minimum absolute atomic E-state index is 0.0733. The maximum atomic E-state index is 12.6. The normalized spacial score (nSPS) is 11.0. The van der Waals surface area contributed by atoms with Gasteiger partial charge in [-0.3, -0.25) is 4.79 Å². The predicted octanol–water partition coefficient (Wildman–Crippen LogP) is 3.57. The van der Waals surface area contributed by atoms with Crippen LogP contribution >= 0.6 is 31.7 Å². The van der Waals surface area contributed by atoms with Crippen molar-refractivity contribution in [2.75, 3.05) is 19.8 Å². The van der Waals surface area contributed by atoms with E-state index in [1.165, 1.54) is 38.6 Å². The van der Waals surface area contributed by atoms with Gasteiger partial charge in [-0.15, -0.1) is 0 Å². The zero-order valence-corrected chi connectivity index (χ0v) is 18.8. The third kappa shape index (κ3) is 7.57. The summed E-state index contributed by atoms with van der Waals surface area (Å²) < 4.78 is 15.3. The molecule has 28 heavy (non-hydrogen) atoms. The second kappa shape index (κ2) is 13.0. The molecule has 0 saturated heterocycles. The van der Waals surface area contributed by atoms with Crippen molar-refractivity contribution in [2.24, 2.45) is 0 Å². The zero-order valence-electron chi connectivity index (χ0n) is 16.3. The number of benzene rings is 1. The van der Waals surface area contributed by atoms with Crippen LogP contribution in [0, 0.1) is 0 Å². The largest absolute Gasteiger partial charge is 0.464 e. The molecule has 1 aromatic rings. The third-order valence-electron chi connectivity index (χ3n) is 3.35. The van der Waals surface area contributed by atoms with Crippen molar-refractivity contribution >= 4 is 49.5 Å². The van der Waals surface area contributed by atoms with Crippen molar-refractivity contribution < 1.29 is 28.0 Å². The Labute approximate surface area is 177 Å². The van der Waals surface area contributed by atoms with Crippen LogP contribution in [0.3, 0.4) is 0 Å². The van der Waals surface area contributed by atoms with Crippen LogP contribution in [-0.4, -0.2) is 43.2 Å². The molecule has 156 valence electrons. The summed E-state index contributed by atoms with van der Waals surface area (Å²) in [7, 11) is 3.02. The van der Waals surface area contributed by atoms with Gasteiger partial charge < -0.3 is 19.0 Å². The van der Waals surface area contributed by atoms with Crippen LogP contribution in [0.2, 0.25) is 0 Å². The molecule has 0 aromatic heterocycles. The summed E-state index contributed by atoms with van der Waals surface area (Å²) in [6.45, 7) is 7.19. The first kappa shape index (κ1) is 24.7. The van der Waals surface area contributed by atoms with Gasteiger partial charge in [0.2, 0.25) is 11.4 Å². The molecule has 1 aromatic carbocycles. The number of hydrogen-bond donors (Lipinski definition) is 1. The summed E-state index contributed by atoms with van der Waals surface area (Å²) in [4.78, 5) is 38.0. The van der Waals surface area contributed by atoms with Crippen LogP contribution in [-0.2, 0) is 34.5 Å². The molecule has 0 radical (unpaired) electrons. The van der Waals surface area contributed by atoms with E-state index < -0.39 is 23.4 Å². The molecule has 0 bridgehead atoms. The minimum atomic E-state index is -1.92. The first-order chi connectivity index (χ1) is 13.4. The monoisotopic (exact) mass is 447 g/mol. The van der Waals surface area contributed by atoms with E-state index in [4.69, 9.17) is 13.7 Å². The molecule has 0 atom stereocenters. The Morgan fingerprint density at radius 1 is 0.964 bits per heavy atom. The molecule has 0 aliphatic heterocycles. The van der Waals surface area contributed by atoms with E-state index in [1.807, 2.05) is 19.1 Å². The third-order valence-corrected chi connectivity index (χ3v) is 6.62. The molecule has 0 heterocycles. The van der Waals surface area contributed by atoms with Crippen LogP contribution in [0.4, 0.5) is 0 Å². The number of carbonyl (C=O) groups is 3. The molecule has 0 aliphatic rings. The summed E-state index contributed by atoms with van der Waals surface area (Å²) in [5, 5.41) is 2.46. The fraction of sp³-hybridized carbons (Fsp3) is 0.500. The molecule has 0 saturated carbocycles. The first-order valence-electron chi connectivity index (χ1n) is 8.74. The highest BCUT2D eigenvalue weighted by molar-refractivity contribution is 9.08. The Balaban J connectivity index is 3.05. The molecule has 0 fully saturated rings. The van der Waals surface area contributed by atoms with Crippen molar-refractivity contribution in [3.63, 3.8) is 0 Å². The number of amides is 1. The quantitative estimate of drug-likeness (QED) is 0.170. The van der Waals surface area contributed by atoms with Gasteiger partial charge in [-0.1, -0.05) is 12.1 Å². The highest BCUT2D eigenvalue weighted by Gasteiger charge is 2.50. The summed E-state index contributed by atoms with van der Waals surface area (Å²) in [5.74, 6) is -2.21. The number of ether oxygens (including phenoxy) is 2. The average Bonchev–Trinajstić information content (AvgIpc) is 2.66. The Bertz CT molecular complexity index is 635. The second-order valence-electron chi connectivity index (χ2n) is 5.47. The lowest BCUT2D eigenvalue weighted by Gasteiger charge is -2.29. The molecule has 0 unspecified atom stereocenters. The van der Waals surface area contributed by atoms with Crippen LogP contribution in [0.1, 0.15) is 33.3 Å². The van der Waals surface area contributed by atoms with Gasteiger partial charge in [0, 0.05) is 28.1 Å². The second-order valence-corrected chi connectivity index (χ2v) is 9.16. The molecule has 1 N–H and O–H groups in total. The van der Waals surface area contributed by atoms with Gasteiger partial charge in [-0.25, -0.2) is 9.59 Å². The Hall–Kier alpha value is -1.36. The van der Waals surface area contributed by atoms with Gasteiger partial charge in [0.05, 0.1) is 30.9 Å². The van der Waals surface area contributed by atoms with E-state index in [9.17, 15) is 14.4 Å². The fourth-order valence-corrected chi connectivity index (χ4v) is 5.13. The van der Waals surface area contributed by atoms with Crippen molar-refractivity contribution in [1.29, 1.82) is 0 Å². The minimum Gasteiger partial charge on any atom is -0.464 e. The number of esters is 2. The maximum Gasteiger partial charge on any atom is 0.344 e. The summed E-state index contributed by atoms with van der Waals surface area (Å²) in [6.07, 6.45) is -0.0734. The zero-order chi connectivity index (χ0) is 21.0. The fourth-order valence-electron chi connectivity index (χ4n) is 2.27. The average molecular weight is 448 g/mol. The predicted molar refractivity (Wildman–Crippen MR) is 113 cm³/mol. The highest BCUT2D eigenvalue weighted by atomic mass is 33.5.